The minimum atomic E-state index is -0.0141. The van der Waals surface area contributed by atoms with Crippen molar-refractivity contribution in [3.63, 3.8) is 0 Å². The minimum Gasteiger partial charge on any atom is -0.313 e. The predicted molar refractivity (Wildman–Crippen MR) is 102 cm³/mol. The van der Waals surface area contributed by atoms with Crippen LogP contribution in [0.1, 0.15) is 59.3 Å². The summed E-state index contributed by atoms with van der Waals surface area (Å²) in [6, 6.07) is 0.668. The lowest BCUT2D eigenvalue weighted by molar-refractivity contribution is 0.216. The molecule has 2 N–H and O–H groups in total. The predicted octanol–water partition coefficient (Wildman–Crippen LogP) is 4.70. The third kappa shape index (κ3) is 7.27. The molecule has 4 heteroatoms. The van der Waals surface area contributed by atoms with Gasteiger partial charge in [-0.05, 0) is 63.6 Å². The fourth-order valence-corrected chi connectivity index (χ4v) is 3.38. The Morgan fingerprint density at radius 1 is 1.42 bits per heavy atom. The Labute approximate surface area is 147 Å². The molecule has 3 nitrogen and oxygen atoms in total. The molecular formula is C20H36FN3. The SMILES string of the molecule is C=CC(=N)C(CC[C@@H](C)C/C=C(/F)CC)N(CC)CC1CCCN1. The van der Waals surface area contributed by atoms with Crippen molar-refractivity contribution in [2.75, 3.05) is 19.6 Å². The third-order valence-corrected chi connectivity index (χ3v) is 5.06. The van der Waals surface area contributed by atoms with Crippen LogP contribution in [0.5, 0.6) is 0 Å². The van der Waals surface area contributed by atoms with Crippen LogP contribution in [0.4, 0.5) is 4.39 Å². The molecule has 0 aromatic rings. The summed E-state index contributed by atoms with van der Waals surface area (Å²) in [5.74, 6) is 0.422. The van der Waals surface area contributed by atoms with Crippen molar-refractivity contribution >= 4 is 5.71 Å². The first-order chi connectivity index (χ1) is 11.5. The molecule has 1 fully saturated rings. The summed E-state index contributed by atoms with van der Waals surface area (Å²) in [6.45, 7) is 13.0. The van der Waals surface area contributed by atoms with Crippen LogP contribution in [-0.2, 0) is 0 Å². The highest BCUT2D eigenvalue weighted by Crippen LogP contribution is 2.19. The Kier molecular flexibility index (Phi) is 10.1. The first kappa shape index (κ1) is 21.0. The topological polar surface area (TPSA) is 39.1 Å². The monoisotopic (exact) mass is 337 g/mol. The van der Waals surface area contributed by atoms with E-state index in [-0.39, 0.29) is 11.9 Å². The minimum absolute atomic E-state index is 0.0141. The van der Waals surface area contributed by atoms with Gasteiger partial charge in [0.2, 0.25) is 0 Å². The number of rotatable bonds is 12. The second-order valence-electron chi connectivity index (χ2n) is 6.98. The van der Waals surface area contributed by atoms with Gasteiger partial charge in [0.05, 0.1) is 11.9 Å². The van der Waals surface area contributed by atoms with Gasteiger partial charge in [0.25, 0.3) is 0 Å². The number of nitrogens with zero attached hydrogens (tertiary/aromatic N) is 1. The zero-order chi connectivity index (χ0) is 17.9. The average Bonchev–Trinajstić information content (AvgIpc) is 3.11. The van der Waals surface area contributed by atoms with Gasteiger partial charge in [-0.25, -0.2) is 4.39 Å². The van der Waals surface area contributed by atoms with Gasteiger partial charge in [-0.3, -0.25) is 4.90 Å². The van der Waals surface area contributed by atoms with Crippen LogP contribution < -0.4 is 5.32 Å². The first-order valence-corrected chi connectivity index (χ1v) is 9.54. The van der Waals surface area contributed by atoms with Crippen molar-refractivity contribution in [3.05, 3.63) is 24.6 Å². The van der Waals surface area contributed by atoms with E-state index < -0.39 is 0 Å². The van der Waals surface area contributed by atoms with E-state index in [0.29, 0.717) is 24.1 Å². The number of nitrogens with one attached hydrogen (secondary N) is 2. The molecule has 0 aromatic carbocycles. The molecular weight excluding hydrogens is 301 g/mol. The van der Waals surface area contributed by atoms with Gasteiger partial charge in [-0.15, -0.1) is 0 Å². The standard InChI is InChI=1S/C20H36FN3/c1-5-17(21)12-10-16(4)11-13-20(19(22)6-2)24(7-3)15-18-9-8-14-23-18/h6,12,16,18,20,22-23H,2,5,7-11,13-15H2,1,3-4H3/b17-12+,22-19?/t16-,18?,20?/m0/s1. The molecule has 0 bridgehead atoms. The lowest BCUT2D eigenvalue weighted by Gasteiger charge is -2.33. The number of halogens is 1. The van der Waals surface area contributed by atoms with Gasteiger partial charge in [-0.2, -0.15) is 0 Å². The van der Waals surface area contributed by atoms with Crippen LogP contribution in [0.25, 0.3) is 0 Å². The van der Waals surface area contributed by atoms with E-state index in [4.69, 9.17) is 5.41 Å². The fraction of sp³-hybridized carbons (Fsp3) is 0.750. The van der Waals surface area contributed by atoms with Crippen molar-refractivity contribution in [1.82, 2.24) is 10.2 Å². The summed E-state index contributed by atoms with van der Waals surface area (Å²) in [4.78, 5) is 2.40. The van der Waals surface area contributed by atoms with E-state index >= 15 is 0 Å². The molecule has 0 spiro atoms. The lowest BCUT2D eigenvalue weighted by atomic mass is 9.94. The van der Waals surface area contributed by atoms with Crippen molar-refractivity contribution in [2.24, 2.45) is 5.92 Å². The highest BCUT2D eigenvalue weighted by Gasteiger charge is 2.25. The van der Waals surface area contributed by atoms with Crippen molar-refractivity contribution < 1.29 is 4.39 Å². The molecule has 1 aliphatic heterocycles. The van der Waals surface area contributed by atoms with E-state index in [1.807, 2.05) is 6.92 Å². The second kappa shape index (κ2) is 11.5. The molecule has 24 heavy (non-hydrogen) atoms. The Balaban J connectivity index is 2.59. The lowest BCUT2D eigenvalue weighted by Crippen LogP contribution is -2.46. The summed E-state index contributed by atoms with van der Waals surface area (Å²) in [6.07, 6.45) is 9.07. The molecule has 0 saturated carbocycles. The van der Waals surface area contributed by atoms with Crippen LogP contribution in [0, 0.1) is 11.3 Å². The van der Waals surface area contributed by atoms with E-state index in [1.54, 1.807) is 12.2 Å². The van der Waals surface area contributed by atoms with Gasteiger partial charge in [0.1, 0.15) is 0 Å². The Morgan fingerprint density at radius 2 is 2.17 bits per heavy atom. The summed E-state index contributed by atoms with van der Waals surface area (Å²) < 4.78 is 13.3. The highest BCUT2D eigenvalue weighted by molar-refractivity contribution is 5.96. The van der Waals surface area contributed by atoms with Crippen molar-refractivity contribution in [3.8, 4) is 0 Å². The molecule has 1 rings (SSSR count). The zero-order valence-electron chi connectivity index (χ0n) is 15.8. The van der Waals surface area contributed by atoms with Gasteiger partial charge in [-0.1, -0.05) is 33.4 Å². The number of hydrogen-bond donors (Lipinski definition) is 2. The maximum absolute atomic E-state index is 13.3. The first-order valence-electron chi connectivity index (χ1n) is 9.54. The Bertz CT molecular complexity index is 413. The van der Waals surface area contributed by atoms with E-state index in [9.17, 15) is 4.39 Å². The Morgan fingerprint density at radius 3 is 2.71 bits per heavy atom. The maximum atomic E-state index is 13.3. The molecule has 1 heterocycles. The summed E-state index contributed by atoms with van der Waals surface area (Å²) in [5, 5.41) is 11.8. The molecule has 0 aliphatic carbocycles. The molecule has 2 unspecified atom stereocenters. The smallest absolute Gasteiger partial charge is 0.0957 e. The number of hydrogen-bond acceptors (Lipinski definition) is 3. The van der Waals surface area contributed by atoms with Crippen LogP contribution >= 0.6 is 0 Å². The molecule has 1 saturated heterocycles. The van der Waals surface area contributed by atoms with Crippen LogP contribution in [0.3, 0.4) is 0 Å². The zero-order valence-corrected chi connectivity index (χ0v) is 15.8. The van der Waals surface area contributed by atoms with E-state index in [2.05, 4.69) is 30.6 Å². The molecule has 0 radical (unpaired) electrons. The molecule has 0 amide bonds. The molecule has 138 valence electrons. The van der Waals surface area contributed by atoms with Crippen molar-refractivity contribution in [1.29, 1.82) is 5.41 Å². The normalized spacial score (nSPS) is 21.0. The largest absolute Gasteiger partial charge is 0.313 e. The van der Waals surface area contributed by atoms with Gasteiger partial charge >= 0.3 is 0 Å². The molecule has 0 aromatic heterocycles. The Hall–Kier alpha value is -1.00. The average molecular weight is 338 g/mol. The van der Waals surface area contributed by atoms with Crippen LogP contribution in [-0.4, -0.2) is 42.3 Å². The summed E-state index contributed by atoms with van der Waals surface area (Å²) in [5.41, 5.74) is 0.609. The van der Waals surface area contributed by atoms with E-state index in [0.717, 1.165) is 38.9 Å². The third-order valence-electron chi connectivity index (χ3n) is 5.06. The molecule has 3 atom stereocenters. The maximum Gasteiger partial charge on any atom is 0.0957 e. The second-order valence-corrected chi connectivity index (χ2v) is 6.98. The van der Waals surface area contributed by atoms with Crippen LogP contribution in [0.15, 0.2) is 24.6 Å². The van der Waals surface area contributed by atoms with E-state index in [1.165, 1.54) is 12.8 Å². The van der Waals surface area contributed by atoms with Gasteiger partial charge in [0, 0.05) is 18.3 Å². The fourth-order valence-electron chi connectivity index (χ4n) is 3.38. The van der Waals surface area contributed by atoms with Crippen molar-refractivity contribution in [2.45, 2.75) is 71.4 Å². The highest BCUT2D eigenvalue weighted by atomic mass is 19.1. The quantitative estimate of drug-likeness (QED) is 0.506. The van der Waals surface area contributed by atoms with Gasteiger partial charge < -0.3 is 10.7 Å². The van der Waals surface area contributed by atoms with Crippen LogP contribution in [0.2, 0.25) is 0 Å². The summed E-state index contributed by atoms with van der Waals surface area (Å²) in [7, 11) is 0. The van der Waals surface area contributed by atoms with Gasteiger partial charge in [0.15, 0.2) is 0 Å². The molecule has 1 aliphatic rings. The number of allylic oxidation sites excluding steroid dienone is 2. The number of likely N-dealkylation sites (N-methyl/N-ethyl adjacent to an activating group) is 1. The summed E-state index contributed by atoms with van der Waals surface area (Å²) >= 11 is 0.